The van der Waals surface area contributed by atoms with Crippen molar-refractivity contribution < 1.29 is 14.7 Å². The highest BCUT2D eigenvalue weighted by Gasteiger charge is 2.50. The number of benzene rings is 1. The van der Waals surface area contributed by atoms with Crippen LogP contribution in [0.2, 0.25) is 0 Å². The van der Waals surface area contributed by atoms with E-state index in [2.05, 4.69) is 20.9 Å². The van der Waals surface area contributed by atoms with Gasteiger partial charge in [0.1, 0.15) is 0 Å². The summed E-state index contributed by atoms with van der Waals surface area (Å²) in [7, 11) is 0. The molecule has 0 spiro atoms. The summed E-state index contributed by atoms with van der Waals surface area (Å²) in [5.41, 5.74) is -0.343. The molecule has 0 radical (unpaired) electrons. The van der Waals surface area contributed by atoms with Crippen molar-refractivity contribution in [2.45, 2.75) is 25.4 Å². The highest BCUT2D eigenvalue weighted by molar-refractivity contribution is 9.10. The van der Waals surface area contributed by atoms with Gasteiger partial charge in [-0.25, -0.2) is 0 Å². The number of aliphatic hydroxyl groups is 1. The molecule has 2 aromatic rings. The number of rotatable bonds is 5. The molecule has 1 aliphatic heterocycles. The molecular formula is C18H17BrN2O3. The van der Waals surface area contributed by atoms with Gasteiger partial charge in [0.25, 0.3) is 5.91 Å². The molecule has 6 heteroatoms. The maximum absolute atomic E-state index is 12.8. The van der Waals surface area contributed by atoms with Crippen LogP contribution >= 0.6 is 15.9 Å². The van der Waals surface area contributed by atoms with E-state index in [1.165, 1.54) is 6.20 Å². The Morgan fingerprint density at radius 1 is 1.38 bits per heavy atom. The Labute approximate surface area is 148 Å². The summed E-state index contributed by atoms with van der Waals surface area (Å²) < 4.78 is 0.750. The molecule has 0 aliphatic carbocycles. The highest BCUT2D eigenvalue weighted by Crippen LogP contribution is 2.44. The zero-order valence-electron chi connectivity index (χ0n) is 13.2. The van der Waals surface area contributed by atoms with Crippen molar-refractivity contribution in [2.24, 2.45) is 0 Å². The smallest absolute Gasteiger partial charge is 0.264 e. The number of fused-ring (bicyclic) bond motifs is 1. The Morgan fingerprint density at radius 2 is 2.17 bits per heavy atom. The van der Waals surface area contributed by atoms with Gasteiger partial charge in [0.05, 0.1) is 12.1 Å². The lowest BCUT2D eigenvalue weighted by Crippen LogP contribution is -2.42. The molecule has 0 bridgehead atoms. The topological polar surface area (TPSA) is 70.5 Å². The Hall–Kier alpha value is -2.05. The second-order valence-corrected chi connectivity index (χ2v) is 6.74. The average molecular weight is 389 g/mol. The molecule has 1 amide bonds. The predicted molar refractivity (Wildman–Crippen MR) is 93.9 cm³/mol. The van der Waals surface area contributed by atoms with Crippen molar-refractivity contribution in [3.63, 3.8) is 0 Å². The molecule has 5 nitrogen and oxygen atoms in total. The second kappa shape index (κ2) is 6.45. The Balaban J connectivity index is 2.01. The number of halogens is 1. The minimum atomic E-state index is -1.85. The molecule has 2 heterocycles. The van der Waals surface area contributed by atoms with Crippen molar-refractivity contribution in [2.75, 3.05) is 11.4 Å². The van der Waals surface area contributed by atoms with Crippen LogP contribution in [0.4, 0.5) is 5.69 Å². The number of carbonyl (C=O) groups excluding carboxylic acids is 2. The molecule has 3 rings (SSSR count). The average Bonchev–Trinajstić information content (AvgIpc) is 2.78. The third kappa shape index (κ3) is 2.76. The molecule has 0 unspecified atom stereocenters. The summed E-state index contributed by atoms with van der Waals surface area (Å²) in [4.78, 5) is 30.8. The number of Topliss-reactive ketones (excluding diaryl/α,β-unsaturated/α-hetero) is 1. The minimum Gasteiger partial charge on any atom is -0.375 e. The second-order valence-electron chi connectivity index (χ2n) is 5.82. The molecule has 0 saturated heterocycles. The van der Waals surface area contributed by atoms with Gasteiger partial charge >= 0.3 is 0 Å². The fourth-order valence-electron chi connectivity index (χ4n) is 3.00. The first kappa shape index (κ1) is 16.8. The Morgan fingerprint density at radius 3 is 2.83 bits per heavy atom. The van der Waals surface area contributed by atoms with Crippen LogP contribution in [0.15, 0.2) is 47.2 Å². The van der Waals surface area contributed by atoms with Crippen molar-refractivity contribution in [1.82, 2.24) is 4.98 Å². The number of hydrogen-bond donors (Lipinski definition) is 1. The molecule has 1 aliphatic rings. The summed E-state index contributed by atoms with van der Waals surface area (Å²) in [5, 5.41) is 11.1. The number of amides is 1. The van der Waals surface area contributed by atoms with Gasteiger partial charge in [0, 0.05) is 34.5 Å². The maximum atomic E-state index is 12.8. The zero-order valence-corrected chi connectivity index (χ0v) is 14.8. The normalized spacial score (nSPS) is 19.5. The molecule has 0 fully saturated rings. The molecule has 124 valence electrons. The summed E-state index contributed by atoms with van der Waals surface area (Å²) in [6.07, 6.45) is 3.47. The molecular weight excluding hydrogens is 372 g/mol. The Bertz CT molecular complexity index is 794. The van der Waals surface area contributed by atoms with Crippen molar-refractivity contribution in [1.29, 1.82) is 0 Å². The summed E-state index contributed by atoms with van der Waals surface area (Å²) in [6, 6.07) is 8.60. The van der Waals surface area contributed by atoms with Crippen LogP contribution in [-0.4, -0.2) is 28.3 Å². The van der Waals surface area contributed by atoms with E-state index in [-0.39, 0.29) is 12.2 Å². The van der Waals surface area contributed by atoms with Gasteiger partial charge in [-0.05, 0) is 36.8 Å². The van der Waals surface area contributed by atoms with Crippen molar-refractivity contribution >= 4 is 33.3 Å². The number of pyridine rings is 1. The number of anilines is 1. The first-order valence-corrected chi connectivity index (χ1v) is 8.54. The Kier molecular flexibility index (Phi) is 4.51. The summed E-state index contributed by atoms with van der Waals surface area (Å²) in [5.74, 6) is -0.766. The first-order valence-electron chi connectivity index (χ1n) is 7.75. The van der Waals surface area contributed by atoms with Gasteiger partial charge in [-0.2, -0.15) is 0 Å². The van der Waals surface area contributed by atoms with Gasteiger partial charge in [0.15, 0.2) is 11.4 Å². The van der Waals surface area contributed by atoms with E-state index >= 15 is 0 Å². The fourth-order valence-corrected chi connectivity index (χ4v) is 3.36. The lowest BCUT2D eigenvalue weighted by Gasteiger charge is -2.22. The van der Waals surface area contributed by atoms with Crippen LogP contribution < -0.4 is 4.90 Å². The van der Waals surface area contributed by atoms with E-state index in [1.54, 1.807) is 35.4 Å². The van der Waals surface area contributed by atoms with E-state index in [4.69, 9.17) is 0 Å². The number of aromatic nitrogens is 1. The summed E-state index contributed by atoms with van der Waals surface area (Å²) in [6.45, 7) is 2.46. The lowest BCUT2D eigenvalue weighted by molar-refractivity contribution is -0.135. The van der Waals surface area contributed by atoms with E-state index < -0.39 is 11.5 Å². The SMILES string of the molecule is CCCN1C(=O)[C@](O)(CC(=O)c2cccnc2)c2cc(Br)ccc21. The van der Waals surface area contributed by atoms with Crippen LogP contribution in [0, 0.1) is 0 Å². The number of ketones is 1. The molecule has 24 heavy (non-hydrogen) atoms. The molecule has 1 atom stereocenters. The van der Waals surface area contributed by atoms with E-state index in [9.17, 15) is 14.7 Å². The number of hydrogen-bond acceptors (Lipinski definition) is 4. The van der Waals surface area contributed by atoms with E-state index in [0.29, 0.717) is 23.4 Å². The minimum absolute atomic E-state index is 0.304. The predicted octanol–water partition coefficient (Wildman–Crippen LogP) is 3.06. The maximum Gasteiger partial charge on any atom is 0.264 e. The molecule has 1 aromatic carbocycles. The largest absolute Gasteiger partial charge is 0.375 e. The fraction of sp³-hybridized carbons (Fsp3) is 0.278. The standard InChI is InChI=1S/C18H17BrN2O3/c1-2-8-21-15-6-5-13(19)9-14(15)18(24,17(21)23)10-16(22)12-4-3-7-20-11-12/h3-7,9,11,24H,2,8,10H2,1H3/t18-/m0/s1. The summed E-state index contributed by atoms with van der Waals surface area (Å²) >= 11 is 3.37. The van der Waals surface area contributed by atoms with Crippen LogP contribution in [-0.2, 0) is 10.4 Å². The zero-order chi connectivity index (χ0) is 17.3. The molecule has 1 aromatic heterocycles. The van der Waals surface area contributed by atoms with Crippen LogP contribution in [0.3, 0.4) is 0 Å². The molecule has 0 saturated carbocycles. The van der Waals surface area contributed by atoms with E-state index in [0.717, 1.165) is 10.9 Å². The number of carbonyl (C=O) groups is 2. The monoisotopic (exact) mass is 388 g/mol. The van der Waals surface area contributed by atoms with Gasteiger partial charge < -0.3 is 10.0 Å². The van der Waals surface area contributed by atoms with Gasteiger partial charge in [-0.3, -0.25) is 14.6 Å². The van der Waals surface area contributed by atoms with Gasteiger partial charge in [-0.15, -0.1) is 0 Å². The van der Waals surface area contributed by atoms with Crippen LogP contribution in [0.1, 0.15) is 35.7 Å². The van der Waals surface area contributed by atoms with Gasteiger partial charge in [0.2, 0.25) is 0 Å². The van der Waals surface area contributed by atoms with Crippen molar-refractivity contribution in [3.8, 4) is 0 Å². The van der Waals surface area contributed by atoms with E-state index in [1.807, 2.05) is 13.0 Å². The van der Waals surface area contributed by atoms with Crippen LogP contribution in [0.25, 0.3) is 0 Å². The highest BCUT2D eigenvalue weighted by atomic mass is 79.9. The molecule has 1 N–H and O–H groups in total. The lowest BCUT2D eigenvalue weighted by atomic mass is 9.88. The van der Waals surface area contributed by atoms with Gasteiger partial charge in [-0.1, -0.05) is 22.9 Å². The van der Waals surface area contributed by atoms with Crippen LogP contribution in [0.5, 0.6) is 0 Å². The third-order valence-corrected chi connectivity index (χ3v) is 4.63. The first-order chi connectivity index (χ1) is 11.5. The number of nitrogens with zero attached hydrogens (tertiary/aromatic N) is 2. The quantitative estimate of drug-likeness (QED) is 0.798. The van der Waals surface area contributed by atoms with Crippen molar-refractivity contribution in [3.05, 3.63) is 58.3 Å². The third-order valence-electron chi connectivity index (χ3n) is 4.14.